The van der Waals surface area contributed by atoms with Crippen LogP contribution < -0.4 is 9.47 Å². The monoisotopic (exact) mass is 467 g/mol. The third-order valence-corrected chi connectivity index (χ3v) is 6.26. The van der Waals surface area contributed by atoms with Crippen molar-refractivity contribution in [3.63, 3.8) is 0 Å². The molecule has 174 valence electrons. The van der Waals surface area contributed by atoms with Gasteiger partial charge in [-0.25, -0.2) is 0 Å². The van der Waals surface area contributed by atoms with Gasteiger partial charge in [0, 0.05) is 51.3 Å². The van der Waals surface area contributed by atoms with Gasteiger partial charge in [0.1, 0.15) is 11.5 Å². The first-order chi connectivity index (χ1) is 16.1. The lowest BCUT2D eigenvalue weighted by molar-refractivity contribution is -0.133. The molecule has 1 amide bonds. The molecule has 2 aromatic carbocycles. The van der Waals surface area contributed by atoms with Gasteiger partial charge in [-0.2, -0.15) is 5.10 Å². The van der Waals surface area contributed by atoms with Crippen LogP contribution in [0.15, 0.2) is 48.5 Å². The Kier molecular flexibility index (Phi) is 7.41. The molecule has 3 aromatic rings. The summed E-state index contributed by atoms with van der Waals surface area (Å²) >= 11 is 5.40. The van der Waals surface area contributed by atoms with Crippen LogP contribution in [0, 0.1) is 4.77 Å². The number of ether oxygens (including phenoxy) is 2. The smallest absolute Gasteiger partial charge is 0.224 e. The van der Waals surface area contributed by atoms with Crippen molar-refractivity contribution in [2.24, 2.45) is 0 Å². The number of aromatic nitrogens is 3. The largest absolute Gasteiger partial charge is 0.497 e. The van der Waals surface area contributed by atoms with Crippen molar-refractivity contribution in [1.29, 1.82) is 0 Å². The number of aromatic amines is 1. The lowest BCUT2D eigenvalue weighted by atomic mass is 10.2. The fourth-order valence-corrected chi connectivity index (χ4v) is 4.22. The first kappa shape index (κ1) is 23.0. The third kappa shape index (κ3) is 5.61. The number of H-pyrrole nitrogens is 1. The predicted molar refractivity (Wildman–Crippen MR) is 129 cm³/mol. The van der Waals surface area contributed by atoms with Crippen LogP contribution in [0.25, 0.3) is 11.4 Å². The Morgan fingerprint density at radius 2 is 1.58 bits per heavy atom. The molecule has 1 aliphatic heterocycles. The summed E-state index contributed by atoms with van der Waals surface area (Å²) in [6.07, 6.45) is 0.384. The lowest BCUT2D eigenvalue weighted by Gasteiger charge is -2.35. The Bertz CT molecular complexity index is 1120. The number of rotatable bonds is 8. The van der Waals surface area contributed by atoms with Crippen molar-refractivity contribution in [3.05, 3.63) is 58.9 Å². The molecule has 33 heavy (non-hydrogen) atoms. The first-order valence-corrected chi connectivity index (χ1v) is 11.4. The minimum atomic E-state index is 0.142. The highest BCUT2D eigenvalue weighted by Gasteiger charge is 2.21. The number of piperazine rings is 1. The quantitative estimate of drug-likeness (QED) is 0.512. The van der Waals surface area contributed by atoms with Crippen molar-refractivity contribution in [2.75, 3.05) is 40.4 Å². The molecule has 0 saturated carbocycles. The zero-order chi connectivity index (χ0) is 23.2. The molecule has 0 unspecified atom stereocenters. The average molecular weight is 468 g/mol. The summed E-state index contributed by atoms with van der Waals surface area (Å²) in [4.78, 5) is 17.2. The fraction of sp³-hybridized carbons (Fsp3) is 0.375. The van der Waals surface area contributed by atoms with E-state index in [9.17, 15) is 4.79 Å². The average Bonchev–Trinajstić information content (AvgIpc) is 3.23. The maximum absolute atomic E-state index is 12.9. The van der Waals surface area contributed by atoms with Crippen LogP contribution in [0.1, 0.15) is 12.0 Å². The van der Waals surface area contributed by atoms with Crippen molar-refractivity contribution in [3.8, 4) is 22.9 Å². The molecule has 0 atom stereocenters. The summed E-state index contributed by atoms with van der Waals surface area (Å²) in [7, 11) is 3.31. The molecule has 2 heterocycles. The summed E-state index contributed by atoms with van der Waals surface area (Å²) < 4.78 is 12.8. The Morgan fingerprint density at radius 3 is 2.18 bits per heavy atom. The van der Waals surface area contributed by atoms with Crippen LogP contribution in [-0.4, -0.2) is 70.9 Å². The van der Waals surface area contributed by atoms with Crippen molar-refractivity contribution in [1.82, 2.24) is 24.6 Å². The second-order valence-electron chi connectivity index (χ2n) is 7.99. The number of hydrogen-bond donors (Lipinski definition) is 1. The number of carbonyl (C=O) groups excluding carboxylic acids is 1. The van der Waals surface area contributed by atoms with E-state index in [1.807, 2.05) is 45.9 Å². The molecule has 0 spiro atoms. The number of benzene rings is 2. The molecule has 9 heteroatoms. The molecular weight excluding hydrogens is 438 g/mol. The number of methoxy groups -OCH3 is 2. The Hall–Kier alpha value is -3.17. The van der Waals surface area contributed by atoms with E-state index in [2.05, 4.69) is 27.2 Å². The van der Waals surface area contributed by atoms with Gasteiger partial charge >= 0.3 is 0 Å². The lowest BCUT2D eigenvalue weighted by Crippen LogP contribution is -2.48. The van der Waals surface area contributed by atoms with Gasteiger partial charge in [0.05, 0.1) is 14.2 Å². The van der Waals surface area contributed by atoms with Crippen LogP contribution >= 0.6 is 12.2 Å². The molecule has 1 N–H and O–H groups in total. The molecule has 4 rings (SSSR count). The van der Waals surface area contributed by atoms with Gasteiger partial charge in [-0.05, 0) is 54.2 Å². The van der Waals surface area contributed by atoms with Gasteiger partial charge in [-0.3, -0.25) is 19.4 Å². The second kappa shape index (κ2) is 10.6. The van der Waals surface area contributed by atoms with Gasteiger partial charge in [0.2, 0.25) is 5.91 Å². The summed E-state index contributed by atoms with van der Waals surface area (Å²) in [6, 6.07) is 15.8. The molecule has 1 saturated heterocycles. The van der Waals surface area contributed by atoms with E-state index >= 15 is 0 Å². The van der Waals surface area contributed by atoms with E-state index in [-0.39, 0.29) is 5.91 Å². The zero-order valence-corrected chi connectivity index (χ0v) is 19.8. The van der Waals surface area contributed by atoms with Gasteiger partial charge in [-0.15, -0.1) is 0 Å². The number of hydrogen-bond acceptors (Lipinski definition) is 6. The van der Waals surface area contributed by atoms with E-state index in [1.165, 1.54) is 5.56 Å². The maximum atomic E-state index is 12.9. The van der Waals surface area contributed by atoms with E-state index in [4.69, 9.17) is 21.7 Å². The van der Waals surface area contributed by atoms with Crippen LogP contribution in [0.4, 0.5) is 0 Å². The fourth-order valence-electron chi connectivity index (χ4n) is 4.00. The molecule has 0 aliphatic carbocycles. The molecule has 1 fully saturated rings. The zero-order valence-electron chi connectivity index (χ0n) is 19.0. The SMILES string of the molecule is COc1ccc(CN2CCN(C(=O)CCn3c(-c4ccc(OC)cc4)n[nH]c3=S)CC2)cc1. The van der Waals surface area contributed by atoms with Gasteiger partial charge in [0.15, 0.2) is 10.6 Å². The van der Waals surface area contributed by atoms with Crippen LogP contribution in [0.2, 0.25) is 0 Å². The molecule has 1 aliphatic rings. The topological polar surface area (TPSA) is 75.6 Å². The minimum absolute atomic E-state index is 0.142. The second-order valence-corrected chi connectivity index (χ2v) is 8.37. The highest BCUT2D eigenvalue weighted by Crippen LogP contribution is 2.21. The predicted octanol–water partition coefficient (Wildman–Crippen LogP) is 3.36. The summed E-state index contributed by atoms with van der Waals surface area (Å²) in [5.41, 5.74) is 2.17. The van der Waals surface area contributed by atoms with Crippen LogP contribution in [0.5, 0.6) is 11.5 Å². The van der Waals surface area contributed by atoms with E-state index in [0.717, 1.165) is 55.6 Å². The van der Waals surface area contributed by atoms with Gasteiger partial charge in [0.25, 0.3) is 0 Å². The Morgan fingerprint density at radius 1 is 0.970 bits per heavy atom. The standard InChI is InChI=1S/C24H29N5O3S/c1-31-20-7-3-18(4-8-20)17-27-13-15-28(16-14-27)22(30)11-12-29-23(25-26-24(29)33)19-5-9-21(32-2)10-6-19/h3-10H,11-17H2,1-2H3,(H,26,33). The number of nitrogens with one attached hydrogen (secondary N) is 1. The molecule has 8 nitrogen and oxygen atoms in total. The highest BCUT2D eigenvalue weighted by molar-refractivity contribution is 7.71. The molecule has 0 radical (unpaired) electrons. The summed E-state index contributed by atoms with van der Waals surface area (Å²) in [5.74, 6) is 2.51. The minimum Gasteiger partial charge on any atom is -0.497 e. The van der Waals surface area contributed by atoms with Crippen molar-refractivity contribution in [2.45, 2.75) is 19.5 Å². The van der Waals surface area contributed by atoms with E-state index in [0.29, 0.717) is 17.7 Å². The molecule has 0 bridgehead atoms. The number of amides is 1. The van der Waals surface area contributed by atoms with Crippen LogP contribution in [0.3, 0.4) is 0 Å². The Labute approximate surface area is 198 Å². The van der Waals surface area contributed by atoms with Crippen molar-refractivity contribution < 1.29 is 14.3 Å². The van der Waals surface area contributed by atoms with Crippen LogP contribution in [-0.2, 0) is 17.9 Å². The number of nitrogens with zero attached hydrogens (tertiary/aromatic N) is 4. The molecule has 1 aromatic heterocycles. The number of carbonyl (C=O) groups is 1. The summed E-state index contributed by atoms with van der Waals surface area (Å²) in [5, 5.41) is 7.21. The summed E-state index contributed by atoms with van der Waals surface area (Å²) in [6.45, 7) is 4.55. The van der Waals surface area contributed by atoms with Gasteiger partial charge in [-0.1, -0.05) is 12.1 Å². The Balaban J connectivity index is 1.30. The maximum Gasteiger partial charge on any atom is 0.224 e. The third-order valence-electron chi connectivity index (χ3n) is 5.95. The van der Waals surface area contributed by atoms with Crippen molar-refractivity contribution >= 4 is 18.1 Å². The molecular formula is C24H29N5O3S. The van der Waals surface area contributed by atoms with E-state index in [1.54, 1.807) is 14.2 Å². The highest BCUT2D eigenvalue weighted by atomic mass is 32.1. The van der Waals surface area contributed by atoms with Gasteiger partial charge < -0.3 is 14.4 Å². The normalized spacial score (nSPS) is 14.3. The first-order valence-electron chi connectivity index (χ1n) is 11.0. The van der Waals surface area contributed by atoms with E-state index < -0.39 is 0 Å².